The quantitative estimate of drug-likeness (QED) is 0.715. The smallest absolute Gasteiger partial charge is 0.230 e. The second-order valence-electron chi connectivity index (χ2n) is 5.77. The van der Waals surface area contributed by atoms with E-state index >= 15 is 0 Å². The van der Waals surface area contributed by atoms with Crippen LogP contribution in [-0.4, -0.2) is 15.9 Å². The third-order valence-electron chi connectivity index (χ3n) is 3.73. The van der Waals surface area contributed by atoms with Gasteiger partial charge in [-0.1, -0.05) is 6.92 Å². The number of nitrogens with one attached hydrogen (secondary N) is 1. The van der Waals surface area contributed by atoms with Crippen LogP contribution in [0.25, 0.3) is 22.5 Å². The first-order valence-electron chi connectivity index (χ1n) is 8.26. The van der Waals surface area contributed by atoms with Gasteiger partial charge in [-0.25, -0.2) is 18.7 Å². The van der Waals surface area contributed by atoms with E-state index in [0.717, 1.165) is 0 Å². The summed E-state index contributed by atoms with van der Waals surface area (Å²) in [5.74, 6) is -0.727. The minimum atomic E-state index is -0.349. The Balaban J connectivity index is 2.05. The summed E-state index contributed by atoms with van der Waals surface area (Å²) in [6.07, 6.45) is 1.06. The van der Waals surface area contributed by atoms with E-state index in [2.05, 4.69) is 15.3 Å². The average Bonchev–Trinajstić information content (AvgIpc) is 2.63. The van der Waals surface area contributed by atoms with Gasteiger partial charge in [-0.2, -0.15) is 0 Å². The molecule has 0 aliphatic rings. The highest BCUT2D eigenvalue weighted by molar-refractivity contribution is 5.89. The zero-order valence-corrected chi connectivity index (χ0v) is 14.2. The topological polar surface area (TPSA) is 54.9 Å². The molecule has 6 heteroatoms. The molecule has 1 amide bonds. The van der Waals surface area contributed by atoms with E-state index in [1.54, 1.807) is 30.3 Å². The van der Waals surface area contributed by atoms with E-state index in [1.807, 2.05) is 6.92 Å². The maximum atomic E-state index is 13.2. The highest BCUT2D eigenvalue weighted by atomic mass is 19.1. The van der Waals surface area contributed by atoms with Crippen LogP contribution in [0.15, 0.2) is 54.6 Å². The Hall–Kier alpha value is -3.15. The molecule has 26 heavy (non-hydrogen) atoms. The van der Waals surface area contributed by atoms with Crippen molar-refractivity contribution in [3.8, 4) is 22.5 Å². The van der Waals surface area contributed by atoms with E-state index in [-0.39, 0.29) is 23.5 Å². The maximum absolute atomic E-state index is 13.2. The number of rotatable bonds is 5. The third-order valence-corrected chi connectivity index (χ3v) is 3.73. The number of benzene rings is 2. The van der Waals surface area contributed by atoms with Crippen LogP contribution in [0.2, 0.25) is 0 Å². The zero-order valence-electron chi connectivity index (χ0n) is 14.2. The lowest BCUT2D eigenvalue weighted by atomic mass is 10.1. The highest BCUT2D eigenvalue weighted by Crippen LogP contribution is 2.25. The first-order valence-corrected chi connectivity index (χ1v) is 8.26. The van der Waals surface area contributed by atoms with Crippen molar-refractivity contribution in [3.63, 3.8) is 0 Å². The molecule has 4 nitrogen and oxygen atoms in total. The van der Waals surface area contributed by atoms with Crippen LogP contribution >= 0.6 is 0 Å². The first-order chi connectivity index (χ1) is 12.5. The zero-order chi connectivity index (χ0) is 18.5. The summed E-state index contributed by atoms with van der Waals surface area (Å²) < 4.78 is 26.4. The molecule has 0 aliphatic carbocycles. The van der Waals surface area contributed by atoms with E-state index in [9.17, 15) is 13.6 Å². The molecular formula is C20H17F2N3O. The van der Waals surface area contributed by atoms with Crippen molar-refractivity contribution in [2.24, 2.45) is 0 Å². The minimum Gasteiger partial charge on any atom is -0.294 e. The maximum Gasteiger partial charge on any atom is 0.230 e. The number of halogens is 2. The Morgan fingerprint density at radius 1 is 0.885 bits per heavy atom. The summed E-state index contributed by atoms with van der Waals surface area (Å²) in [6.45, 7) is 1.90. The molecule has 132 valence electrons. The fourth-order valence-corrected chi connectivity index (χ4v) is 2.45. The van der Waals surface area contributed by atoms with Crippen molar-refractivity contribution in [2.45, 2.75) is 19.8 Å². The van der Waals surface area contributed by atoms with Crippen molar-refractivity contribution in [3.05, 3.63) is 66.2 Å². The van der Waals surface area contributed by atoms with Gasteiger partial charge < -0.3 is 0 Å². The van der Waals surface area contributed by atoms with E-state index in [0.29, 0.717) is 35.4 Å². The third kappa shape index (κ3) is 4.27. The van der Waals surface area contributed by atoms with Crippen molar-refractivity contribution >= 4 is 11.9 Å². The van der Waals surface area contributed by atoms with Crippen LogP contribution in [0, 0.1) is 11.6 Å². The summed E-state index contributed by atoms with van der Waals surface area (Å²) >= 11 is 0. The van der Waals surface area contributed by atoms with Gasteiger partial charge in [-0.05, 0) is 61.0 Å². The number of aromatic nitrogens is 2. The molecule has 0 atom stereocenters. The molecule has 0 aliphatic heterocycles. The Bertz CT molecular complexity index is 846. The molecule has 0 radical (unpaired) electrons. The molecule has 0 fully saturated rings. The molecule has 2 aromatic carbocycles. The van der Waals surface area contributed by atoms with Crippen molar-refractivity contribution in [1.82, 2.24) is 9.97 Å². The lowest BCUT2D eigenvalue weighted by molar-refractivity contribution is -0.116. The second-order valence-corrected chi connectivity index (χ2v) is 5.77. The standard InChI is InChI=1S/C20H17F2N3O/c1-2-3-19(26)25-20-23-17(13-4-8-15(21)9-5-13)12-18(24-20)14-6-10-16(22)11-7-14/h4-12H,2-3H2,1H3,(H,23,24,25,26). The lowest BCUT2D eigenvalue weighted by Gasteiger charge is -2.10. The summed E-state index contributed by atoms with van der Waals surface area (Å²) in [5, 5.41) is 2.68. The van der Waals surface area contributed by atoms with Gasteiger partial charge in [-0.15, -0.1) is 0 Å². The van der Waals surface area contributed by atoms with Crippen LogP contribution in [0.5, 0.6) is 0 Å². The number of hydrogen-bond donors (Lipinski definition) is 1. The molecule has 0 bridgehead atoms. The number of amides is 1. The Morgan fingerprint density at radius 3 is 1.77 bits per heavy atom. The van der Waals surface area contributed by atoms with Gasteiger partial charge >= 0.3 is 0 Å². The molecule has 0 unspecified atom stereocenters. The van der Waals surface area contributed by atoms with Crippen molar-refractivity contribution < 1.29 is 13.6 Å². The van der Waals surface area contributed by atoms with Crippen molar-refractivity contribution in [1.29, 1.82) is 0 Å². The average molecular weight is 353 g/mol. The largest absolute Gasteiger partial charge is 0.294 e. The molecule has 0 saturated carbocycles. The van der Waals surface area contributed by atoms with E-state index in [4.69, 9.17) is 0 Å². The number of carbonyl (C=O) groups is 1. The fourth-order valence-electron chi connectivity index (χ4n) is 2.45. The first kappa shape index (κ1) is 17.7. The Labute approximate surface area is 149 Å². The number of carbonyl (C=O) groups excluding carboxylic acids is 1. The molecule has 0 saturated heterocycles. The number of nitrogens with zero attached hydrogens (tertiary/aromatic N) is 2. The monoisotopic (exact) mass is 353 g/mol. The molecule has 0 spiro atoms. The summed E-state index contributed by atoms with van der Waals surface area (Å²) in [7, 11) is 0. The molecule has 1 aromatic heterocycles. The van der Waals surface area contributed by atoms with Gasteiger partial charge in [-0.3, -0.25) is 10.1 Å². The lowest BCUT2D eigenvalue weighted by Crippen LogP contribution is -2.13. The predicted molar refractivity (Wildman–Crippen MR) is 96.4 cm³/mol. The normalized spacial score (nSPS) is 10.6. The van der Waals surface area contributed by atoms with Gasteiger partial charge in [0.05, 0.1) is 11.4 Å². The van der Waals surface area contributed by atoms with Crippen molar-refractivity contribution in [2.75, 3.05) is 5.32 Å². The summed E-state index contributed by atoms with van der Waals surface area (Å²) in [6, 6.07) is 13.5. The Kier molecular flexibility index (Phi) is 5.31. The number of hydrogen-bond acceptors (Lipinski definition) is 3. The van der Waals surface area contributed by atoms with Crippen LogP contribution in [0.3, 0.4) is 0 Å². The highest BCUT2D eigenvalue weighted by Gasteiger charge is 2.11. The van der Waals surface area contributed by atoms with Gasteiger partial charge in [0.2, 0.25) is 11.9 Å². The van der Waals surface area contributed by atoms with E-state index < -0.39 is 0 Å². The van der Waals surface area contributed by atoms with Gasteiger partial charge in [0.15, 0.2) is 0 Å². The molecule has 1 heterocycles. The molecule has 1 N–H and O–H groups in total. The van der Waals surface area contributed by atoms with Gasteiger partial charge in [0, 0.05) is 17.5 Å². The second kappa shape index (κ2) is 7.82. The summed E-state index contributed by atoms with van der Waals surface area (Å²) in [4.78, 5) is 20.6. The molecule has 3 rings (SSSR count). The minimum absolute atomic E-state index is 0.157. The molecular weight excluding hydrogens is 336 g/mol. The summed E-state index contributed by atoms with van der Waals surface area (Å²) in [5.41, 5.74) is 2.43. The van der Waals surface area contributed by atoms with Gasteiger partial charge in [0.1, 0.15) is 11.6 Å². The fraction of sp³-hybridized carbons (Fsp3) is 0.150. The predicted octanol–water partition coefficient (Wildman–Crippen LogP) is 4.83. The SMILES string of the molecule is CCCC(=O)Nc1nc(-c2ccc(F)cc2)cc(-c2ccc(F)cc2)n1. The van der Waals surface area contributed by atoms with Crippen LogP contribution in [0.4, 0.5) is 14.7 Å². The van der Waals surface area contributed by atoms with E-state index in [1.165, 1.54) is 24.3 Å². The van der Waals surface area contributed by atoms with Gasteiger partial charge in [0.25, 0.3) is 0 Å². The van der Waals surface area contributed by atoms with Crippen LogP contribution in [-0.2, 0) is 4.79 Å². The van der Waals surface area contributed by atoms with Crippen LogP contribution in [0.1, 0.15) is 19.8 Å². The van der Waals surface area contributed by atoms with Crippen LogP contribution < -0.4 is 5.32 Å². The number of anilines is 1. The Morgan fingerprint density at radius 2 is 1.35 bits per heavy atom. The molecule has 3 aromatic rings.